The van der Waals surface area contributed by atoms with Gasteiger partial charge in [0.2, 0.25) is 0 Å². The Labute approximate surface area is 87.8 Å². The van der Waals surface area contributed by atoms with Gasteiger partial charge in [-0.05, 0) is 44.4 Å². The highest BCUT2D eigenvalue weighted by Gasteiger charge is 2.25. The molecule has 0 fully saturated rings. The summed E-state index contributed by atoms with van der Waals surface area (Å²) in [6.07, 6.45) is -0.256. The van der Waals surface area contributed by atoms with E-state index in [9.17, 15) is 13.2 Å². The molecule has 0 atom stereocenters. The van der Waals surface area contributed by atoms with Crippen LogP contribution >= 0.6 is 11.8 Å². The molecule has 0 aromatic rings. The monoisotopic (exact) mass is 229 g/mol. The topological polar surface area (TPSA) is 12.0 Å². The van der Waals surface area contributed by atoms with Crippen molar-refractivity contribution in [2.75, 3.05) is 25.1 Å². The van der Waals surface area contributed by atoms with Crippen LogP contribution in [0.3, 0.4) is 0 Å². The largest absolute Gasteiger partial charge is 0.389 e. The molecule has 0 aromatic heterocycles. The molecule has 0 aliphatic rings. The summed E-state index contributed by atoms with van der Waals surface area (Å²) in [6.45, 7) is 1.30. The molecule has 0 unspecified atom stereocenters. The molecule has 1 nitrogen and oxygen atoms in total. The Hall–Kier alpha value is 0.100. The van der Waals surface area contributed by atoms with Gasteiger partial charge in [-0.15, -0.1) is 0 Å². The van der Waals surface area contributed by atoms with Crippen LogP contribution < -0.4 is 5.32 Å². The van der Waals surface area contributed by atoms with Gasteiger partial charge in [-0.25, -0.2) is 0 Å². The van der Waals surface area contributed by atoms with E-state index >= 15 is 0 Å². The molecule has 14 heavy (non-hydrogen) atoms. The molecule has 0 radical (unpaired) electrons. The molecular weight excluding hydrogens is 211 g/mol. The minimum atomic E-state index is -4.00. The zero-order valence-electron chi connectivity index (χ0n) is 8.49. The molecule has 0 saturated carbocycles. The zero-order valence-corrected chi connectivity index (χ0v) is 9.31. The third kappa shape index (κ3) is 12.1. The zero-order chi connectivity index (χ0) is 10.9. The van der Waals surface area contributed by atoms with E-state index in [0.29, 0.717) is 6.54 Å². The maximum absolute atomic E-state index is 11.7. The van der Waals surface area contributed by atoms with Crippen molar-refractivity contribution in [3.63, 3.8) is 0 Å². The summed E-state index contributed by atoms with van der Waals surface area (Å²) in [6, 6.07) is 0. The highest BCUT2D eigenvalue weighted by molar-refractivity contribution is 7.98. The number of unbranched alkanes of at least 4 members (excludes halogenated alkanes) is 1. The number of hydrogen-bond donors (Lipinski definition) is 1. The predicted octanol–water partition coefficient (Wildman–Crippen LogP) is 3.06. The molecule has 0 spiro atoms. The van der Waals surface area contributed by atoms with Crippen molar-refractivity contribution in [1.82, 2.24) is 5.32 Å². The fourth-order valence-corrected chi connectivity index (χ4v) is 1.53. The first kappa shape index (κ1) is 14.1. The van der Waals surface area contributed by atoms with Crippen LogP contribution in [0.2, 0.25) is 0 Å². The highest BCUT2D eigenvalue weighted by Crippen LogP contribution is 2.20. The van der Waals surface area contributed by atoms with Crippen molar-refractivity contribution in [3.8, 4) is 0 Å². The molecule has 0 aromatic carbocycles. The van der Waals surface area contributed by atoms with E-state index in [1.807, 2.05) is 0 Å². The van der Waals surface area contributed by atoms with E-state index < -0.39 is 12.6 Å². The van der Waals surface area contributed by atoms with Gasteiger partial charge in [-0.2, -0.15) is 24.9 Å². The number of halogens is 3. The van der Waals surface area contributed by atoms with Crippen LogP contribution in [0.15, 0.2) is 0 Å². The first-order valence-electron chi connectivity index (χ1n) is 4.82. The number of hydrogen-bond acceptors (Lipinski definition) is 2. The molecule has 0 aliphatic carbocycles. The van der Waals surface area contributed by atoms with Crippen molar-refractivity contribution in [3.05, 3.63) is 0 Å². The summed E-state index contributed by atoms with van der Waals surface area (Å²) in [5.41, 5.74) is 0. The van der Waals surface area contributed by atoms with Crippen LogP contribution in [-0.4, -0.2) is 31.3 Å². The molecule has 0 heterocycles. The summed E-state index contributed by atoms with van der Waals surface area (Å²) in [4.78, 5) is 0. The van der Waals surface area contributed by atoms with Gasteiger partial charge < -0.3 is 5.32 Å². The lowest BCUT2D eigenvalue weighted by Gasteiger charge is -2.06. The second-order valence-electron chi connectivity index (χ2n) is 3.17. The van der Waals surface area contributed by atoms with Gasteiger partial charge in [-0.3, -0.25) is 0 Å². The van der Waals surface area contributed by atoms with Crippen molar-refractivity contribution in [2.24, 2.45) is 0 Å². The molecule has 0 amide bonds. The first-order valence-corrected chi connectivity index (χ1v) is 6.22. The number of nitrogens with one attached hydrogen (secondary N) is 1. The molecule has 5 heteroatoms. The van der Waals surface area contributed by atoms with Crippen LogP contribution in [0.4, 0.5) is 13.2 Å². The van der Waals surface area contributed by atoms with E-state index in [1.54, 1.807) is 11.8 Å². The number of thioether (sulfide) groups is 1. The summed E-state index contributed by atoms with van der Waals surface area (Å²) in [5.74, 6) is 1.13. The average molecular weight is 229 g/mol. The van der Waals surface area contributed by atoms with E-state index in [-0.39, 0.29) is 6.42 Å². The van der Waals surface area contributed by atoms with Crippen molar-refractivity contribution >= 4 is 11.8 Å². The third-order valence-electron chi connectivity index (χ3n) is 1.77. The summed E-state index contributed by atoms with van der Waals surface area (Å²) in [7, 11) is 0. The SMILES string of the molecule is CSCCCCNCCCC(F)(F)F. The van der Waals surface area contributed by atoms with E-state index in [1.165, 1.54) is 0 Å². The first-order chi connectivity index (χ1) is 6.56. The Morgan fingerprint density at radius 2 is 1.71 bits per heavy atom. The quantitative estimate of drug-likeness (QED) is 0.642. The van der Waals surface area contributed by atoms with Crippen LogP contribution in [0.1, 0.15) is 25.7 Å². The van der Waals surface area contributed by atoms with Crippen molar-refractivity contribution in [1.29, 1.82) is 0 Å². The van der Waals surface area contributed by atoms with Gasteiger partial charge >= 0.3 is 6.18 Å². The Balaban J connectivity index is 2.99. The molecule has 1 N–H and O–H groups in total. The van der Waals surface area contributed by atoms with E-state index in [0.717, 1.165) is 25.1 Å². The smallest absolute Gasteiger partial charge is 0.317 e. The van der Waals surface area contributed by atoms with Gasteiger partial charge in [0, 0.05) is 6.42 Å². The Kier molecular flexibility index (Phi) is 8.47. The normalized spacial score (nSPS) is 12.0. The fraction of sp³-hybridized carbons (Fsp3) is 1.00. The van der Waals surface area contributed by atoms with E-state index in [4.69, 9.17) is 0 Å². The molecule has 0 rings (SSSR count). The molecule has 0 bridgehead atoms. The lowest BCUT2D eigenvalue weighted by atomic mass is 10.3. The third-order valence-corrected chi connectivity index (χ3v) is 2.46. The van der Waals surface area contributed by atoms with Crippen LogP contribution in [0.5, 0.6) is 0 Å². The van der Waals surface area contributed by atoms with Gasteiger partial charge in [0.1, 0.15) is 0 Å². The Morgan fingerprint density at radius 3 is 2.29 bits per heavy atom. The van der Waals surface area contributed by atoms with Crippen molar-refractivity contribution in [2.45, 2.75) is 31.9 Å². The second kappa shape index (κ2) is 8.41. The minimum Gasteiger partial charge on any atom is -0.317 e. The van der Waals surface area contributed by atoms with Crippen LogP contribution in [-0.2, 0) is 0 Å². The molecule has 86 valence electrons. The standard InChI is InChI=1S/C9H18F3NS/c1-14-8-3-2-6-13-7-4-5-9(10,11)12/h13H,2-8H2,1H3. The van der Waals surface area contributed by atoms with Gasteiger partial charge in [0.25, 0.3) is 0 Å². The molecule has 0 saturated heterocycles. The van der Waals surface area contributed by atoms with Crippen LogP contribution in [0, 0.1) is 0 Å². The van der Waals surface area contributed by atoms with E-state index in [2.05, 4.69) is 11.6 Å². The van der Waals surface area contributed by atoms with Gasteiger partial charge in [0.05, 0.1) is 0 Å². The summed E-state index contributed by atoms with van der Waals surface area (Å²) >= 11 is 1.80. The predicted molar refractivity (Wildman–Crippen MR) is 55.8 cm³/mol. The lowest BCUT2D eigenvalue weighted by molar-refractivity contribution is -0.135. The van der Waals surface area contributed by atoms with Crippen LogP contribution in [0.25, 0.3) is 0 Å². The number of rotatable bonds is 8. The fourth-order valence-electron chi connectivity index (χ4n) is 1.04. The lowest BCUT2D eigenvalue weighted by Crippen LogP contribution is -2.19. The molecule has 0 aliphatic heterocycles. The van der Waals surface area contributed by atoms with Gasteiger partial charge in [0.15, 0.2) is 0 Å². The second-order valence-corrected chi connectivity index (χ2v) is 4.15. The Morgan fingerprint density at radius 1 is 1.07 bits per heavy atom. The van der Waals surface area contributed by atoms with Gasteiger partial charge in [-0.1, -0.05) is 0 Å². The maximum Gasteiger partial charge on any atom is 0.389 e. The van der Waals surface area contributed by atoms with Crippen molar-refractivity contribution < 1.29 is 13.2 Å². The maximum atomic E-state index is 11.7. The Bertz CT molecular complexity index is 128. The highest BCUT2D eigenvalue weighted by atomic mass is 32.2. The molecular formula is C9H18F3NS. The summed E-state index contributed by atoms with van der Waals surface area (Å²) < 4.78 is 35.1. The number of alkyl halides is 3. The average Bonchev–Trinajstić information content (AvgIpc) is 2.08. The summed E-state index contributed by atoms with van der Waals surface area (Å²) in [5, 5.41) is 3.01. The minimum absolute atomic E-state index is 0.187.